The number of aromatic nitrogens is 5. The molecule has 2 aromatic rings. The predicted octanol–water partition coefficient (Wildman–Crippen LogP) is 1.85. The average molecular weight is 312 g/mol. The molecule has 2 aromatic heterocycles. The number of alkyl halides is 3. The Labute approximate surface area is 112 Å². The van der Waals surface area contributed by atoms with Crippen molar-refractivity contribution in [2.45, 2.75) is 17.1 Å². The lowest BCUT2D eigenvalue weighted by molar-refractivity contribution is -0.141. The summed E-state index contributed by atoms with van der Waals surface area (Å²) in [7, 11) is 0. The van der Waals surface area contributed by atoms with Crippen LogP contribution in [0.4, 0.5) is 13.2 Å². The van der Waals surface area contributed by atoms with Gasteiger partial charge in [0.05, 0.1) is 5.75 Å². The minimum atomic E-state index is -4.78. The van der Waals surface area contributed by atoms with Gasteiger partial charge in [0.2, 0.25) is 0 Å². The molecule has 0 saturated carbocycles. The standard InChI is InChI=1S/C8H5ClF3N5OS/c9-4-5(8(10,11)12)15-7(16-6(4)18)19-1-3-13-2-14-17-3/h2H,1H2,(H,13,14,17)(H,15,16,18). The fourth-order valence-corrected chi connectivity index (χ4v) is 2.06. The van der Waals surface area contributed by atoms with Crippen molar-refractivity contribution in [1.82, 2.24) is 25.1 Å². The second-order valence-electron chi connectivity index (χ2n) is 3.25. The van der Waals surface area contributed by atoms with Crippen LogP contribution >= 0.6 is 23.4 Å². The van der Waals surface area contributed by atoms with Crippen LogP contribution in [0.3, 0.4) is 0 Å². The van der Waals surface area contributed by atoms with Crippen molar-refractivity contribution in [2.24, 2.45) is 0 Å². The highest BCUT2D eigenvalue weighted by molar-refractivity contribution is 7.98. The summed E-state index contributed by atoms with van der Waals surface area (Å²) in [4.78, 5) is 20.5. The molecule has 11 heteroatoms. The van der Waals surface area contributed by atoms with E-state index in [2.05, 4.69) is 25.1 Å². The van der Waals surface area contributed by atoms with Crippen LogP contribution in [0.25, 0.3) is 0 Å². The maximum absolute atomic E-state index is 12.6. The van der Waals surface area contributed by atoms with Crippen LogP contribution in [0.1, 0.15) is 11.5 Å². The Morgan fingerprint density at radius 3 is 2.74 bits per heavy atom. The van der Waals surface area contributed by atoms with E-state index in [1.165, 1.54) is 6.33 Å². The minimum absolute atomic E-state index is 0.182. The number of hydrogen-bond donors (Lipinski definition) is 2. The van der Waals surface area contributed by atoms with Gasteiger partial charge in [-0.3, -0.25) is 9.89 Å². The molecule has 2 heterocycles. The molecule has 0 atom stereocenters. The van der Waals surface area contributed by atoms with E-state index < -0.39 is 22.5 Å². The second kappa shape index (κ2) is 5.21. The largest absolute Gasteiger partial charge is 0.435 e. The lowest BCUT2D eigenvalue weighted by Crippen LogP contribution is -2.19. The first-order chi connectivity index (χ1) is 8.88. The van der Waals surface area contributed by atoms with Crippen molar-refractivity contribution in [3.05, 3.63) is 33.2 Å². The summed E-state index contributed by atoms with van der Waals surface area (Å²) < 4.78 is 37.8. The number of aromatic amines is 2. The first-order valence-electron chi connectivity index (χ1n) is 4.72. The normalized spacial score (nSPS) is 11.8. The molecule has 0 radical (unpaired) electrons. The van der Waals surface area contributed by atoms with Crippen LogP contribution < -0.4 is 5.56 Å². The van der Waals surface area contributed by atoms with Crippen molar-refractivity contribution < 1.29 is 13.2 Å². The quantitative estimate of drug-likeness (QED) is 0.667. The van der Waals surface area contributed by atoms with Gasteiger partial charge in [0.15, 0.2) is 10.9 Å². The number of rotatable bonds is 3. The zero-order valence-electron chi connectivity index (χ0n) is 8.95. The molecule has 0 aliphatic heterocycles. The average Bonchev–Trinajstić information content (AvgIpc) is 2.82. The molecule has 0 unspecified atom stereocenters. The number of H-pyrrole nitrogens is 2. The SMILES string of the molecule is O=c1[nH]c(SCc2ncn[nH]2)nc(C(F)(F)F)c1Cl. The van der Waals surface area contributed by atoms with E-state index in [0.717, 1.165) is 11.8 Å². The Bertz CT molecular complexity index is 626. The molecule has 0 aromatic carbocycles. The fourth-order valence-electron chi connectivity index (χ4n) is 1.13. The van der Waals surface area contributed by atoms with Gasteiger partial charge >= 0.3 is 6.18 Å². The summed E-state index contributed by atoms with van der Waals surface area (Å²) >= 11 is 6.16. The van der Waals surface area contributed by atoms with Gasteiger partial charge in [0, 0.05) is 0 Å². The van der Waals surface area contributed by atoms with Crippen molar-refractivity contribution in [1.29, 1.82) is 0 Å². The number of nitrogens with zero attached hydrogens (tertiary/aromatic N) is 3. The van der Waals surface area contributed by atoms with Crippen LogP contribution in [-0.2, 0) is 11.9 Å². The minimum Gasteiger partial charge on any atom is -0.300 e. The molecule has 0 aliphatic carbocycles. The molecular formula is C8H5ClF3N5OS. The smallest absolute Gasteiger partial charge is 0.300 e. The molecule has 0 fully saturated rings. The van der Waals surface area contributed by atoms with Gasteiger partial charge in [0.1, 0.15) is 17.2 Å². The topological polar surface area (TPSA) is 87.3 Å². The molecule has 0 amide bonds. The summed E-state index contributed by atoms with van der Waals surface area (Å²) in [6.07, 6.45) is -3.53. The highest BCUT2D eigenvalue weighted by Gasteiger charge is 2.37. The van der Waals surface area contributed by atoms with Crippen LogP contribution in [0.5, 0.6) is 0 Å². The lowest BCUT2D eigenvalue weighted by Gasteiger charge is -2.08. The van der Waals surface area contributed by atoms with E-state index in [1.807, 2.05) is 0 Å². The molecule has 0 aliphatic rings. The third-order valence-corrected chi connectivity index (χ3v) is 3.16. The summed E-state index contributed by atoms with van der Waals surface area (Å²) in [6.45, 7) is 0. The molecule has 19 heavy (non-hydrogen) atoms. The van der Waals surface area contributed by atoms with E-state index in [0.29, 0.717) is 5.82 Å². The zero-order chi connectivity index (χ0) is 14.0. The van der Waals surface area contributed by atoms with Crippen LogP contribution in [-0.4, -0.2) is 25.1 Å². The highest BCUT2D eigenvalue weighted by atomic mass is 35.5. The third kappa shape index (κ3) is 3.26. The van der Waals surface area contributed by atoms with Gasteiger partial charge in [0.25, 0.3) is 5.56 Å². The maximum atomic E-state index is 12.6. The van der Waals surface area contributed by atoms with Crippen molar-refractivity contribution in [3.8, 4) is 0 Å². The number of hydrogen-bond acceptors (Lipinski definition) is 5. The molecule has 2 N–H and O–H groups in total. The first-order valence-corrected chi connectivity index (χ1v) is 6.08. The van der Waals surface area contributed by atoms with Gasteiger partial charge < -0.3 is 4.98 Å². The summed E-state index contributed by atoms with van der Waals surface area (Å²) in [5.41, 5.74) is -2.44. The van der Waals surface area contributed by atoms with Crippen molar-refractivity contribution >= 4 is 23.4 Å². The predicted molar refractivity (Wildman–Crippen MR) is 60.8 cm³/mol. The van der Waals surface area contributed by atoms with Crippen LogP contribution in [0.15, 0.2) is 16.3 Å². The molecule has 0 saturated heterocycles. The van der Waals surface area contributed by atoms with Gasteiger partial charge in [-0.15, -0.1) is 0 Å². The molecular weight excluding hydrogens is 307 g/mol. The van der Waals surface area contributed by atoms with E-state index in [-0.39, 0.29) is 10.9 Å². The zero-order valence-corrected chi connectivity index (χ0v) is 10.5. The Morgan fingerprint density at radius 1 is 1.42 bits per heavy atom. The van der Waals surface area contributed by atoms with E-state index >= 15 is 0 Å². The Hall–Kier alpha value is -1.55. The van der Waals surface area contributed by atoms with Crippen molar-refractivity contribution in [3.63, 3.8) is 0 Å². The molecule has 0 spiro atoms. The van der Waals surface area contributed by atoms with Gasteiger partial charge in [-0.2, -0.15) is 18.3 Å². The number of thioether (sulfide) groups is 1. The fraction of sp³-hybridized carbons (Fsp3) is 0.250. The van der Waals surface area contributed by atoms with E-state index in [4.69, 9.17) is 11.6 Å². The molecule has 2 rings (SSSR count). The summed E-state index contributed by atoms with van der Waals surface area (Å²) in [5, 5.41) is 4.94. The lowest BCUT2D eigenvalue weighted by atomic mass is 10.4. The highest BCUT2D eigenvalue weighted by Crippen LogP contribution is 2.32. The second-order valence-corrected chi connectivity index (χ2v) is 4.59. The Morgan fingerprint density at radius 2 is 2.16 bits per heavy atom. The molecule has 102 valence electrons. The summed E-state index contributed by atoms with van der Waals surface area (Å²) in [6, 6.07) is 0. The van der Waals surface area contributed by atoms with Crippen molar-refractivity contribution in [2.75, 3.05) is 0 Å². The van der Waals surface area contributed by atoms with Crippen LogP contribution in [0.2, 0.25) is 5.02 Å². The maximum Gasteiger partial charge on any atom is 0.435 e. The summed E-state index contributed by atoms with van der Waals surface area (Å²) in [5.74, 6) is 0.623. The first kappa shape index (κ1) is 13.9. The van der Waals surface area contributed by atoms with Crippen LogP contribution in [0, 0.1) is 0 Å². The number of nitrogens with one attached hydrogen (secondary N) is 2. The molecule has 0 bridgehead atoms. The number of halogens is 4. The van der Waals surface area contributed by atoms with Gasteiger partial charge in [-0.25, -0.2) is 9.97 Å². The molecule has 6 nitrogen and oxygen atoms in total. The monoisotopic (exact) mass is 311 g/mol. The Kier molecular flexibility index (Phi) is 3.80. The van der Waals surface area contributed by atoms with E-state index in [1.54, 1.807) is 0 Å². The van der Waals surface area contributed by atoms with E-state index in [9.17, 15) is 18.0 Å². The Balaban J connectivity index is 2.27. The third-order valence-electron chi connectivity index (χ3n) is 1.92. The van der Waals surface area contributed by atoms with Gasteiger partial charge in [-0.1, -0.05) is 23.4 Å². The van der Waals surface area contributed by atoms with Gasteiger partial charge in [-0.05, 0) is 0 Å².